The first-order valence-corrected chi connectivity index (χ1v) is 6.14. The molecule has 88 valence electrons. The molecule has 0 saturated carbocycles. The van der Waals surface area contributed by atoms with Gasteiger partial charge in [0.2, 0.25) is 0 Å². The van der Waals surface area contributed by atoms with E-state index in [1.165, 1.54) is 30.6 Å². The Kier molecular flexibility index (Phi) is 2.94. The van der Waals surface area contributed by atoms with E-state index in [1.54, 1.807) is 0 Å². The minimum atomic E-state index is 0.126. The van der Waals surface area contributed by atoms with E-state index < -0.39 is 0 Å². The first-order chi connectivity index (χ1) is 7.50. The van der Waals surface area contributed by atoms with Crippen LogP contribution in [-0.4, -0.2) is 12.1 Å². The average Bonchev–Trinajstić information content (AvgIpc) is 2.58. The summed E-state index contributed by atoms with van der Waals surface area (Å²) in [5.41, 5.74) is 8.69. The average molecular weight is 218 g/mol. The Labute approximate surface area is 98.4 Å². The van der Waals surface area contributed by atoms with Crippen molar-refractivity contribution in [3.63, 3.8) is 0 Å². The number of nitrogens with two attached hydrogens (primary N) is 1. The van der Waals surface area contributed by atoms with Crippen molar-refractivity contribution >= 4 is 5.69 Å². The van der Waals surface area contributed by atoms with Crippen molar-refractivity contribution in [2.45, 2.75) is 45.2 Å². The summed E-state index contributed by atoms with van der Waals surface area (Å²) in [5.74, 6) is 0. The van der Waals surface area contributed by atoms with Crippen LogP contribution in [0.5, 0.6) is 0 Å². The summed E-state index contributed by atoms with van der Waals surface area (Å²) in [6, 6.07) is 8.82. The lowest BCUT2D eigenvalue weighted by Gasteiger charge is -2.33. The number of anilines is 1. The maximum atomic E-state index is 5.86. The van der Waals surface area contributed by atoms with E-state index in [4.69, 9.17) is 5.73 Å². The highest BCUT2D eigenvalue weighted by Crippen LogP contribution is 2.33. The quantitative estimate of drug-likeness (QED) is 0.826. The highest BCUT2D eigenvalue weighted by molar-refractivity contribution is 5.51. The van der Waals surface area contributed by atoms with E-state index in [-0.39, 0.29) is 6.04 Å². The predicted octanol–water partition coefficient (Wildman–Crippen LogP) is 3.09. The van der Waals surface area contributed by atoms with Crippen LogP contribution in [0.2, 0.25) is 0 Å². The second-order valence-corrected chi connectivity index (χ2v) is 5.45. The van der Waals surface area contributed by atoms with Gasteiger partial charge < -0.3 is 10.6 Å². The Morgan fingerprint density at radius 1 is 1.25 bits per heavy atom. The van der Waals surface area contributed by atoms with Crippen LogP contribution >= 0.6 is 0 Å². The SMILES string of the molecule is CC(N)c1ccc(N2CCCC2(C)C)cc1. The number of nitrogens with zero attached hydrogens (tertiary/aromatic N) is 1. The normalized spacial score (nSPS) is 21.1. The Morgan fingerprint density at radius 2 is 1.88 bits per heavy atom. The van der Waals surface area contributed by atoms with Crippen LogP contribution in [0.15, 0.2) is 24.3 Å². The molecular formula is C14H22N2. The number of hydrogen-bond donors (Lipinski definition) is 1. The van der Waals surface area contributed by atoms with Crippen molar-refractivity contribution < 1.29 is 0 Å². The largest absolute Gasteiger partial charge is 0.366 e. The molecule has 0 spiro atoms. The summed E-state index contributed by atoms with van der Waals surface area (Å²) in [5, 5.41) is 0. The molecule has 1 aliphatic rings. The fourth-order valence-electron chi connectivity index (χ4n) is 2.54. The first kappa shape index (κ1) is 11.5. The second kappa shape index (κ2) is 4.10. The lowest BCUT2D eigenvalue weighted by molar-refractivity contribution is 0.518. The molecule has 2 rings (SSSR count). The van der Waals surface area contributed by atoms with Crippen molar-refractivity contribution in [3.8, 4) is 0 Å². The molecular weight excluding hydrogens is 196 g/mol. The molecule has 0 aromatic heterocycles. The minimum absolute atomic E-state index is 0.126. The number of benzene rings is 1. The summed E-state index contributed by atoms with van der Waals surface area (Å²) in [6.07, 6.45) is 2.57. The third-order valence-electron chi connectivity index (χ3n) is 3.63. The van der Waals surface area contributed by atoms with Crippen LogP contribution < -0.4 is 10.6 Å². The Hall–Kier alpha value is -1.02. The number of hydrogen-bond acceptors (Lipinski definition) is 2. The Morgan fingerprint density at radius 3 is 2.31 bits per heavy atom. The van der Waals surface area contributed by atoms with E-state index >= 15 is 0 Å². The lowest BCUT2D eigenvalue weighted by Crippen LogP contribution is -2.38. The van der Waals surface area contributed by atoms with Gasteiger partial charge in [-0.25, -0.2) is 0 Å². The molecule has 1 heterocycles. The van der Waals surface area contributed by atoms with Gasteiger partial charge in [0.1, 0.15) is 0 Å². The second-order valence-electron chi connectivity index (χ2n) is 5.45. The lowest BCUT2D eigenvalue weighted by atomic mass is 10.0. The molecule has 1 aromatic carbocycles. The fourth-order valence-corrected chi connectivity index (χ4v) is 2.54. The third kappa shape index (κ3) is 2.07. The fraction of sp³-hybridized carbons (Fsp3) is 0.571. The standard InChI is InChI=1S/C14H22N2/c1-11(15)12-5-7-13(8-6-12)16-10-4-9-14(16,2)3/h5-8,11H,4,9-10,15H2,1-3H3. The molecule has 1 atom stereocenters. The monoisotopic (exact) mass is 218 g/mol. The summed E-state index contributed by atoms with van der Waals surface area (Å²) < 4.78 is 0. The molecule has 1 aliphatic heterocycles. The van der Waals surface area contributed by atoms with Gasteiger partial charge >= 0.3 is 0 Å². The molecule has 2 N–H and O–H groups in total. The van der Waals surface area contributed by atoms with Gasteiger partial charge in [0, 0.05) is 23.8 Å². The molecule has 0 bridgehead atoms. The van der Waals surface area contributed by atoms with E-state index in [9.17, 15) is 0 Å². The zero-order valence-electron chi connectivity index (χ0n) is 10.5. The Balaban J connectivity index is 2.22. The van der Waals surface area contributed by atoms with E-state index in [0.717, 1.165) is 0 Å². The highest BCUT2D eigenvalue weighted by atomic mass is 15.2. The van der Waals surface area contributed by atoms with Crippen LogP contribution in [0.25, 0.3) is 0 Å². The third-order valence-corrected chi connectivity index (χ3v) is 3.63. The highest BCUT2D eigenvalue weighted by Gasteiger charge is 2.31. The predicted molar refractivity (Wildman–Crippen MR) is 69.7 cm³/mol. The smallest absolute Gasteiger partial charge is 0.0370 e. The van der Waals surface area contributed by atoms with E-state index in [1.807, 2.05) is 6.92 Å². The van der Waals surface area contributed by atoms with Gasteiger partial charge in [-0.2, -0.15) is 0 Å². The van der Waals surface area contributed by atoms with Crippen molar-refractivity contribution in [1.29, 1.82) is 0 Å². The van der Waals surface area contributed by atoms with E-state index in [2.05, 4.69) is 43.0 Å². The van der Waals surface area contributed by atoms with Crippen LogP contribution in [-0.2, 0) is 0 Å². The summed E-state index contributed by atoms with van der Waals surface area (Å²) in [7, 11) is 0. The molecule has 2 nitrogen and oxygen atoms in total. The summed E-state index contributed by atoms with van der Waals surface area (Å²) in [6.45, 7) is 7.83. The van der Waals surface area contributed by atoms with Gasteiger partial charge in [-0.15, -0.1) is 0 Å². The van der Waals surface area contributed by atoms with Gasteiger partial charge in [-0.3, -0.25) is 0 Å². The topological polar surface area (TPSA) is 29.3 Å². The molecule has 1 unspecified atom stereocenters. The van der Waals surface area contributed by atoms with Crippen molar-refractivity contribution in [2.75, 3.05) is 11.4 Å². The van der Waals surface area contributed by atoms with Crippen molar-refractivity contribution in [2.24, 2.45) is 5.73 Å². The molecule has 1 aromatic rings. The Bertz CT molecular complexity index is 352. The number of rotatable bonds is 2. The molecule has 2 heteroatoms. The van der Waals surface area contributed by atoms with Gasteiger partial charge in [0.05, 0.1) is 0 Å². The molecule has 1 fully saturated rings. The van der Waals surface area contributed by atoms with Crippen LogP contribution in [0.3, 0.4) is 0 Å². The van der Waals surface area contributed by atoms with Crippen LogP contribution in [0.4, 0.5) is 5.69 Å². The summed E-state index contributed by atoms with van der Waals surface area (Å²) >= 11 is 0. The molecule has 0 radical (unpaired) electrons. The maximum absolute atomic E-state index is 5.86. The molecule has 16 heavy (non-hydrogen) atoms. The molecule has 0 amide bonds. The van der Waals surface area contributed by atoms with Gasteiger partial charge in [0.25, 0.3) is 0 Å². The zero-order chi connectivity index (χ0) is 11.8. The maximum Gasteiger partial charge on any atom is 0.0370 e. The van der Waals surface area contributed by atoms with Gasteiger partial charge in [-0.05, 0) is 51.3 Å². The van der Waals surface area contributed by atoms with E-state index in [0.29, 0.717) is 5.54 Å². The van der Waals surface area contributed by atoms with Crippen LogP contribution in [0, 0.1) is 0 Å². The van der Waals surface area contributed by atoms with Gasteiger partial charge in [-0.1, -0.05) is 12.1 Å². The molecule has 1 saturated heterocycles. The first-order valence-electron chi connectivity index (χ1n) is 6.14. The zero-order valence-corrected chi connectivity index (χ0v) is 10.5. The molecule has 0 aliphatic carbocycles. The van der Waals surface area contributed by atoms with Crippen molar-refractivity contribution in [1.82, 2.24) is 0 Å². The van der Waals surface area contributed by atoms with Crippen LogP contribution in [0.1, 0.15) is 45.2 Å². The van der Waals surface area contributed by atoms with Gasteiger partial charge in [0.15, 0.2) is 0 Å². The summed E-state index contributed by atoms with van der Waals surface area (Å²) in [4.78, 5) is 2.50. The minimum Gasteiger partial charge on any atom is -0.366 e. The van der Waals surface area contributed by atoms with Crippen molar-refractivity contribution in [3.05, 3.63) is 29.8 Å².